The smallest absolute Gasteiger partial charge is 0.261 e. The average molecular weight is 299 g/mol. The molecule has 1 aliphatic heterocycles. The van der Waals surface area contributed by atoms with Crippen LogP contribution >= 0.6 is 22.9 Å². The van der Waals surface area contributed by atoms with E-state index in [0.717, 1.165) is 36.9 Å². The summed E-state index contributed by atoms with van der Waals surface area (Å²) in [5.41, 5.74) is 0. The number of hydrogen-bond acceptors (Lipinski definition) is 3. The predicted octanol–water partition coefficient (Wildman–Crippen LogP) is 2.71. The first-order valence-corrected chi connectivity index (χ1v) is 8.17. The lowest BCUT2D eigenvalue weighted by Crippen LogP contribution is -2.48. The molecule has 1 aliphatic carbocycles. The van der Waals surface area contributed by atoms with E-state index in [2.05, 4.69) is 10.2 Å². The van der Waals surface area contributed by atoms with Crippen molar-refractivity contribution in [2.24, 2.45) is 0 Å². The van der Waals surface area contributed by atoms with Crippen molar-refractivity contribution in [2.75, 3.05) is 19.6 Å². The van der Waals surface area contributed by atoms with Crippen LogP contribution < -0.4 is 5.32 Å². The molecule has 0 spiro atoms. The zero-order valence-corrected chi connectivity index (χ0v) is 12.5. The van der Waals surface area contributed by atoms with E-state index in [1.807, 2.05) is 17.5 Å². The highest BCUT2D eigenvalue weighted by molar-refractivity contribution is 7.12. The van der Waals surface area contributed by atoms with Gasteiger partial charge in [-0.25, -0.2) is 0 Å². The van der Waals surface area contributed by atoms with E-state index in [9.17, 15) is 4.79 Å². The van der Waals surface area contributed by atoms with Gasteiger partial charge in [0.1, 0.15) is 0 Å². The van der Waals surface area contributed by atoms with Crippen LogP contribution in [0.15, 0.2) is 17.5 Å². The molecule has 1 aromatic rings. The van der Waals surface area contributed by atoms with Gasteiger partial charge < -0.3 is 10.2 Å². The minimum atomic E-state index is -0.252. The van der Waals surface area contributed by atoms with E-state index >= 15 is 0 Å². The maximum absolute atomic E-state index is 11.9. The van der Waals surface area contributed by atoms with E-state index in [1.165, 1.54) is 24.2 Å². The number of likely N-dealkylation sites (tertiary alicyclic amines) is 1. The van der Waals surface area contributed by atoms with Crippen LogP contribution in [0.4, 0.5) is 0 Å². The number of nitrogens with one attached hydrogen (secondary N) is 1. The normalized spacial score (nSPS) is 23.2. The van der Waals surface area contributed by atoms with Crippen LogP contribution in [0.5, 0.6) is 0 Å². The zero-order valence-electron chi connectivity index (χ0n) is 10.9. The molecule has 3 nitrogen and oxygen atoms in total. The van der Waals surface area contributed by atoms with E-state index in [1.54, 1.807) is 0 Å². The van der Waals surface area contributed by atoms with Crippen LogP contribution in [0.25, 0.3) is 0 Å². The van der Waals surface area contributed by atoms with Crippen molar-refractivity contribution >= 4 is 28.8 Å². The fourth-order valence-corrected chi connectivity index (χ4v) is 3.52. The van der Waals surface area contributed by atoms with Gasteiger partial charge in [0.15, 0.2) is 0 Å². The molecule has 1 saturated carbocycles. The molecular weight excluding hydrogens is 280 g/mol. The highest BCUT2D eigenvalue weighted by Crippen LogP contribution is 2.35. The van der Waals surface area contributed by atoms with Gasteiger partial charge in [0.2, 0.25) is 0 Å². The Morgan fingerprint density at radius 1 is 1.47 bits per heavy atom. The van der Waals surface area contributed by atoms with Crippen molar-refractivity contribution < 1.29 is 4.79 Å². The molecule has 0 radical (unpaired) electrons. The molecule has 2 aliphatic rings. The van der Waals surface area contributed by atoms with Gasteiger partial charge in [0.05, 0.1) is 9.75 Å². The summed E-state index contributed by atoms with van der Waals surface area (Å²) in [6, 6.07) is 4.56. The SMILES string of the molecule is O=C(NCC1(Cl)CCN(C2CC2)CC1)c1cccs1. The summed E-state index contributed by atoms with van der Waals surface area (Å²) >= 11 is 8.10. The van der Waals surface area contributed by atoms with E-state index < -0.39 is 0 Å². The summed E-state index contributed by atoms with van der Waals surface area (Å²) in [5, 5.41) is 4.89. The molecule has 0 bridgehead atoms. The first-order valence-electron chi connectivity index (χ1n) is 6.91. The minimum absolute atomic E-state index is 0.000326. The van der Waals surface area contributed by atoms with Crippen LogP contribution in [0.1, 0.15) is 35.4 Å². The minimum Gasteiger partial charge on any atom is -0.350 e. The molecule has 0 atom stereocenters. The molecule has 2 fully saturated rings. The van der Waals surface area contributed by atoms with Gasteiger partial charge in [-0.1, -0.05) is 6.07 Å². The molecule has 1 N–H and O–H groups in total. The molecule has 1 saturated heterocycles. The average Bonchev–Trinajstić information content (AvgIpc) is 3.11. The van der Waals surface area contributed by atoms with Crippen molar-refractivity contribution in [2.45, 2.75) is 36.6 Å². The van der Waals surface area contributed by atoms with Crippen LogP contribution in [0, 0.1) is 0 Å². The molecule has 19 heavy (non-hydrogen) atoms. The van der Waals surface area contributed by atoms with Crippen molar-refractivity contribution in [3.63, 3.8) is 0 Å². The second-order valence-electron chi connectivity index (χ2n) is 5.58. The Morgan fingerprint density at radius 2 is 2.21 bits per heavy atom. The maximum Gasteiger partial charge on any atom is 0.261 e. The topological polar surface area (TPSA) is 32.3 Å². The Labute approximate surface area is 122 Å². The quantitative estimate of drug-likeness (QED) is 0.867. The fourth-order valence-electron chi connectivity index (χ4n) is 2.64. The molecule has 0 aromatic carbocycles. The molecule has 2 heterocycles. The van der Waals surface area contributed by atoms with Crippen LogP contribution in [0.3, 0.4) is 0 Å². The standard InChI is InChI=1S/C14H19ClN2OS/c15-14(5-7-17(8-6-14)11-3-4-11)10-16-13(18)12-2-1-9-19-12/h1-2,9,11H,3-8,10H2,(H,16,18). The number of carbonyl (C=O) groups is 1. The Kier molecular flexibility index (Phi) is 3.83. The predicted molar refractivity (Wildman–Crippen MR) is 79.1 cm³/mol. The van der Waals surface area contributed by atoms with Crippen LogP contribution in [-0.4, -0.2) is 41.4 Å². The lowest BCUT2D eigenvalue weighted by atomic mass is 9.95. The van der Waals surface area contributed by atoms with E-state index in [-0.39, 0.29) is 10.8 Å². The second kappa shape index (κ2) is 5.43. The van der Waals surface area contributed by atoms with Crippen molar-refractivity contribution in [1.29, 1.82) is 0 Å². The van der Waals surface area contributed by atoms with Gasteiger partial charge in [-0.2, -0.15) is 0 Å². The van der Waals surface area contributed by atoms with Gasteiger partial charge in [0.25, 0.3) is 5.91 Å². The summed E-state index contributed by atoms with van der Waals surface area (Å²) in [6.07, 6.45) is 4.64. The molecule has 104 valence electrons. The largest absolute Gasteiger partial charge is 0.350 e. The van der Waals surface area contributed by atoms with Gasteiger partial charge in [-0.05, 0) is 37.1 Å². The third-order valence-corrected chi connectivity index (χ3v) is 5.45. The Bertz CT molecular complexity index is 436. The number of piperidine rings is 1. The van der Waals surface area contributed by atoms with Crippen LogP contribution in [-0.2, 0) is 0 Å². The monoisotopic (exact) mass is 298 g/mol. The fraction of sp³-hybridized carbons (Fsp3) is 0.643. The molecule has 3 rings (SSSR count). The maximum atomic E-state index is 11.9. The molecule has 1 amide bonds. The summed E-state index contributed by atoms with van der Waals surface area (Å²) < 4.78 is 0. The zero-order chi connectivity index (χ0) is 13.3. The van der Waals surface area contributed by atoms with Gasteiger partial charge in [-0.15, -0.1) is 22.9 Å². The summed E-state index contributed by atoms with van der Waals surface area (Å²) in [7, 11) is 0. The first-order chi connectivity index (χ1) is 9.16. The summed E-state index contributed by atoms with van der Waals surface area (Å²) in [5.74, 6) is -0.000326. The van der Waals surface area contributed by atoms with E-state index in [4.69, 9.17) is 11.6 Å². The third kappa shape index (κ3) is 3.30. The Balaban J connectivity index is 1.48. The number of hydrogen-bond donors (Lipinski definition) is 1. The third-order valence-electron chi connectivity index (χ3n) is 4.07. The van der Waals surface area contributed by atoms with Gasteiger partial charge in [-0.3, -0.25) is 4.79 Å². The number of halogens is 1. The van der Waals surface area contributed by atoms with E-state index in [0.29, 0.717) is 6.54 Å². The molecule has 1 aromatic heterocycles. The Morgan fingerprint density at radius 3 is 2.79 bits per heavy atom. The highest BCUT2D eigenvalue weighted by Gasteiger charge is 2.38. The van der Waals surface area contributed by atoms with Crippen molar-refractivity contribution in [3.8, 4) is 0 Å². The van der Waals surface area contributed by atoms with Gasteiger partial charge >= 0.3 is 0 Å². The lowest BCUT2D eigenvalue weighted by molar-refractivity contribution is 0.0944. The molecule has 0 unspecified atom stereocenters. The van der Waals surface area contributed by atoms with Gasteiger partial charge in [0, 0.05) is 25.7 Å². The molecule has 5 heteroatoms. The summed E-state index contributed by atoms with van der Waals surface area (Å²) in [6.45, 7) is 2.72. The number of nitrogens with zero attached hydrogens (tertiary/aromatic N) is 1. The number of rotatable bonds is 4. The second-order valence-corrected chi connectivity index (χ2v) is 7.33. The van der Waals surface area contributed by atoms with Crippen molar-refractivity contribution in [1.82, 2.24) is 10.2 Å². The molecular formula is C14H19ClN2OS. The number of amides is 1. The highest BCUT2D eigenvalue weighted by atomic mass is 35.5. The number of alkyl halides is 1. The lowest BCUT2D eigenvalue weighted by Gasteiger charge is -2.37. The van der Waals surface area contributed by atoms with Crippen LogP contribution in [0.2, 0.25) is 0 Å². The Hall–Kier alpha value is -0.580. The number of thiophene rings is 1. The number of carbonyl (C=O) groups excluding carboxylic acids is 1. The van der Waals surface area contributed by atoms with Crippen molar-refractivity contribution in [3.05, 3.63) is 22.4 Å². The first kappa shape index (κ1) is 13.4. The summed E-state index contributed by atoms with van der Waals surface area (Å²) in [4.78, 5) is 15.0.